The lowest BCUT2D eigenvalue weighted by molar-refractivity contribution is -0.281. The predicted molar refractivity (Wildman–Crippen MR) is 187 cm³/mol. The maximum Gasteiger partial charge on any atom is 0.346 e. The van der Waals surface area contributed by atoms with Crippen molar-refractivity contribution in [3.8, 4) is 0 Å². The Labute approximate surface area is 317 Å². The first kappa shape index (κ1) is 44.8. The summed E-state index contributed by atoms with van der Waals surface area (Å²) in [5.41, 5.74) is -0.758. The van der Waals surface area contributed by atoms with Crippen LogP contribution in [0.15, 0.2) is 20.1 Å². The van der Waals surface area contributed by atoms with Gasteiger partial charge in [-0.1, -0.05) is 48.5 Å². The van der Waals surface area contributed by atoms with Gasteiger partial charge in [0, 0.05) is 74.9 Å². The Morgan fingerprint density at radius 2 is 1.18 bits per heavy atom. The van der Waals surface area contributed by atoms with E-state index < -0.39 is 68.0 Å². The SMILES string of the molecule is CCSc1c(SN2Sc3c(n(CC(C)(C)C)c(=S)n3CCC(F)(F)C(F)(F)C(F)C(F)(F)CF)S2)n(CC(C)(C)C)c(=S)n1CCC(F)(F)CF. The molecule has 51 heavy (non-hydrogen) atoms. The van der Waals surface area contributed by atoms with E-state index in [0.29, 0.717) is 27.4 Å². The third kappa shape index (κ3) is 10.4. The Kier molecular flexibility index (Phi) is 14.3. The van der Waals surface area contributed by atoms with Gasteiger partial charge in [0.25, 0.3) is 5.92 Å². The molecule has 22 heteroatoms. The van der Waals surface area contributed by atoms with Crippen LogP contribution in [-0.2, 0) is 26.2 Å². The number of rotatable bonds is 17. The van der Waals surface area contributed by atoms with Crippen LogP contribution in [0.4, 0.5) is 48.3 Å². The molecule has 1 atom stereocenters. The van der Waals surface area contributed by atoms with E-state index in [1.54, 1.807) is 12.3 Å². The lowest BCUT2D eigenvalue weighted by atomic mass is 9.97. The minimum absolute atomic E-state index is 0.0256. The molecular formula is C29H40F11N5S6. The van der Waals surface area contributed by atoms with Gasteiger partial charge in [-0.15, -0.1) is 14.9 Å². The van der Waals surface area contributed by atoms with E-state index >= 15 is 0 Å². The van der Waals surface area contributed by atoms with Crippen LogP contribution >= 0.6 is 72.0 Å². The number of thioether (sulfide) groups is 1. The molecule has 1 aliphatic heterocycles. The maximum absolute atomic E-state index is 14.8. The zero-order valence-electron chi connectivity index (χ0n) is 28.8. The highest BCUT2D eigenvalue weighted by Crippen LogP contribution is 2.55. The lowest BCUT2D eigenvalue weighted by Gasteiger charge is -2.32. The zero-order chi connectivity index (χ0) is 39.1. The van der Waals surface area contributed by atoms with Crippen molar-refractivity contribution in [3.05, 3.63) is 9.54 Å². The van der Waals surface area contributed by atoms with E-state index in [-0.39, 0.29) is 33.1 Å². The van der Waals surface area contributed by atoms with Gasteiger partial charge < -0.3 is 18.3 Å². The number of hydrogen-bond acceptors (Lipinski definition) is 7. The Morgan fingerprint density at radius 3 is 1.67 bits per heavy atom. The largest absolute Gasteiger partial charge is 0.346 e. The number of halogens is 11. The van der Waals surface area contributed by atoms with Crippen LogP contribution in [0, 0.1) is 20.4 Å². The third-order valence-electron chi connectivity index (χ3n) is 7.20. The summed E-state index contributed by atoms with van der Waals surface area (Å²) >= 11 is 15.9. The standard InChI is InChI=1S/C29H40F11N5S6/c1-8-48-17-18(43(15-24(2,3)4)22(46)41(17)11-9-26(33,34)13-30)49-45-50-19-20(51-45)44(16-25(5,6)7)23(47)42(19)12-10-28(37,38)29(39,40)21(32)27(35,36)14-31/h21H,8-16H2,1-7H3. The molecule has 0 aliphatic carbocycles. The Morgan fingerprint density at radius 1 is 0.686 bits per heavy atom. The van der Waals surface area contributed by atoms with Gasteiger partial charge in [-0.3, -0.25) is 0 Å². The second-order valence-corrected chi connectivity index (χ2v) is 19.9. The van der Waals surface area contributed by atoms with Gasteiger partial charge in [-0.2, -0.15) is 17.6 Å². The summed E-state index contributed by atoms with van der Waals surface area (Å²) in [5, 5.41) is 1.84. The molecule has 0 saturated carbocycles. The zero-order valence-corrected chi connectivity index (χ0v) is 33.7. The van der Waals surface area contributed by atoms with Crippen molar-refractivity contribution < 1.29 is 48.3 Å². The molecule has 0 bridgehead atoms. The molecule has 0 fully saturated rings. The molecule has 1 aliphatic rings. The average molecular weight is 860 g/mol. The summed E-state index contributed by atoms with van der Waals surface area (Å²) in [7, 11) is 0. The molecule has 3 heterocycles. The normalized spacial score (nSPS) is 16.0. The number of aromatic nitrogens is 4. The second kappa shape index (κ2) is 16.3. The average Bonchev–Trinajstić information content (AvgIpc) is 3.59. The fraction of sp³-hybridized carbons (Fsp3) is 0.793. The summed E-state index contributed by atoms with van der Waals surface area (Å²) in [4.78, 5) is 0. The van der Waals surface area contributed by atoms with Crippen LogP contribution in [0.1, 0.15) is 61.3 Å². The highest BCUT2D eigenvalue weighted by atomic mass is 32.3. The first-order valence-electron chi connectivity index (χ1n) is 15.5. The molecule has 2 aromatic heterocycles. The molecule has 5 nitrogen and oxygen atoms in total. The van der Waals surface area contributed by atoms with E-state index in [2.05, 4.69) is 0 Å². The van der Waals surface area contributed by atoms with E-state index in [0.717, 1.165) is 40.4 Å². The topological polar surface area (TPSA) is 23.0 Å². The van der Waals surface area contributed by atoms with Crippen molar-refractivity contribution in [3.63, 3.8) is 0 Å². The van der Waals surface area contributed by atoms with Gasteiger partial charge in [0.15, 0.2) is 22.9 Å². The van der Waals surface area contributed by atoms with E-state index in [9.17, 15) is 48.3 Å². The number of nitrogens with zero attached hydrogens (tertiary/aromatic N) is 5. The maximum atomic E-state index is 14.8. The van der Waals surface area contributed by atoms with E-state index in [1.807, 2.05) is 48.5 Å². The first-order valence-corrected chi connectivity index (χ1v) is 19.7. The van der Waals surface area contributed by atoms with Crippen molar-refractivity contribution in [1.82, 2.24) is 21.4 Å². The third-order valence-corrected chi connectivity index (χ3v) is 12.9. The smallest absolute Gasteiger partial charge is 0.311 e. The minimum Gasteiger partial charge on any atom is -0.311 e. The molecular weight excluding hydrogens is 820 g/mol. The van der Waals surface area contributed by atoms with Crippen molar-refractivity contribution >= 4 is 72.0 Å². The molecule has 0 aromatic carbocycles. The molecule has 0 saturated heterocycles. The fourth-order valence-corrected chi connectivity index (χ4v) is 10.6. The van der Waals surface area contributed by atoms with Gasteiger partial charge in [0.05, 0.1) is 0 Å². The Bertz CT molecular complexity index is 1640. The van der Waals surface area contributed by atoms with Gasteiger partial charge in [0.2, 0.25) is 6.17 Å². The summed E-state index contributed by atoms with van der Waals surface area (Å²) in [6.07, 6.45) is -7.37. The number of imidazole rings is 2. The highest BCUT2D eigenvalue weighted by Gasteiger charge is 2.68. The van der Waals surface area contributed by atoms with Crippen LogP contribution in [0.2, 0.25) is 0 Å². The quantitative estimate of drug-likeness (QED) is 0.0676. The van der Waals surface area contributed by atoms with E-state index in [4.69, 9.17) is 24.4 Å². The molecule has 294 valence electrons. The van der Waals surface area contributed by atoms with Crippen molar-refractivity contribution in [2.75, 3.05) is 19.1 Å². The summed E-state index contributed by atoms with van der Waals surface area (Å²) in [5.74, 6) is -19.6. The van der Waals surface area contributed by atoms with Crippen molar-refractivity contribution in [2.45, 2.75) is 137 Å². The Hall–Kier alpha value is -0.550. The molecule has 1 unspecified atom stereocenters. The summed E-state index contributed by atoms with van der Waals surface area (Å²) in [6, 6.07) is 0. The van der Waals surface area contributed by atoms with Crippen LogP contribution in [-0.4, -0.2) is 70.3 Å². The number of fused-ring (bicyclic) bond motifs is 1. The molecule has 0 radical (unpaired) electrons. The van der Waals surface area contributed by atoms with Crippen LogP contribution in [0.5, 0.6) is 0 Å². The first-order chi connectivity index (χ1) is 23.1. The van der Waals surface area contributed by atoms with E-state index in [1.165, 1.54) is 16.3 Å². The second-order valence-electron chi connectivity index (χ2n) is 14.4. The number of hydrogen-bond donors (Lipinski definition) is 0. The monoisotopic (exact) mass is 859 g/mol. The molecule has 0 amide bonds. The summed E-state index contributed by atoms with van der Waals surface area (Å²) in [6.45, 7) is 8.05. The van der Waals surface area contributed by atoms with Crippen molar-refractivity contribution in [2.24, 2.45) is 10.8 Å². The van der Waals surface area contributed by atoms with Gasteiger partial charge in [-0.25, -0.2) is 30.7 Å². The van der Waals surface area contributed by atoms with Gasteiger partial charge >= 0.3 is 17.8 Å². The predicted octanol–water partition coefficient (Wildman–Crippen LogP) is 12.2. The van der Waals surface area contributed by atoms with Crippen LogP contribution in [0.25, 0.3) is 0 Å². The lowest BCUT2D eigenvalue weighted by Crippen LogP contribution is -2.55. The highest BCUT2D eigenvalue weighted by molar-refractivity contribution is 8.27. The molecule has 0 spiro atoms. The van der Waals surface area contributed by atoms with Gasteiger partial charge in [-0.05, 0) is 41.0 Å². The van der Waals surface area contributed by atoms with Crippen molar-refractivity contribution in [1.29, 1.82) is 0 Å². The fourth-order valence-electron chi connectivity index (χ4n) is 4.81. The summed E-state index contributed by atoms with van der Waals surface area (Å²) < 4.78 is 161. The Balaban J connectivity index is 2.06. The molecule has 0 N–H and O–H groups in total. The number of alkyl halides is 11. The molecule has 3 rings (SSSR count). The minimum atomic E-state index is -5.90. The van der Waals surface area contributed by atoms with Crippen LogP contribution < -0.4 is 0 Å². The molecule has 2 aromatic rings. The van der Waals surface area contributed by atoms with Crippen LogP contribution in [0.3, 0.4) is 0 Å². The van der Waals surface area contributed by atoms with Gasteiger partial charge in [0.1, 0.15) is 20.1 Å².